The minimum absolute atomic E-state index is 0.873. The molecule has 3 nitrogen and oxygen atoms in total. The molecular formula is C13H26N2OS. The predicted molar refractivity (Wildman–Crippen MR) is 75.6 cm³/mol. The number of ether oxygens (including phenoxy) is 1. The van der Waals surface area contributed by atoms with E-state index in [1.807, 2.05) is 40.8 Å². The van der Waals surface area contributed by atoms with Gasteiger partial charge in [0.1, 0.15) is 0 Å². The zero-order chi connectivity index (χ0) is 13.1. The van der Waals surface area contributed by atoms with Crippen LogP contribution in [0.1, 0.15) is 37.6 Å². The third-order valence-corrected chi connectivity index (χ3v) is 3.05. The summed E-state index contributed by atoms with van der Waals surface area (Å²) in [6.07, 6.45) is 1.98. The standard InChI is InChI=1S/C9H14N2OS.2C2H6/c1-8-10-6-9(13-8)7-11-2-4-12-5-3-11;2*1-2/h6H,2-5,7H2,1H3;2*1-2H3. The van der Waals surface area contributed by atoms with Crippen LogP contribution in [-0.2, 0) is 11.3 Å². The zero-order valence-corrected chi connectivity index (χ0v) is 12.6. The van der Waals surface area contributed by atoms with E-state index < -0.39 is 0 Å². The maximum Gasteiger partial charge on any atom is 0.0897 e. The summed E-state index contributed by atoms with van der Waals surface area (Å²) in [5, 5.41) is 1.16. The first-order valence-corrected chi connectivity index (χ1v) is 7.37. The molecule has 0 aliphatic carbocycles. The van der Waals surface area contributed by atoms with Gasteiger partial charge in [-0.2, -0.15) is 0 Å². The summed E-state index contributed by atoms with van der Waals surface area (Å²) in [6.45, 7) is 14.9. The molecule has 1 fully saturated rings. The van der Waals surface area contributed by atoms with E-state index in [1.54, 1.807) is 11.3 Å². The van der Waals surface area contributed by atoms with Crippen molar-refractivity contribution in [1.82, 2.24) is 9.88 Å². The van der Waals surface area contributed by atoms with Gasteiger partial charge in [-0.3, -0.25) is 4.90 Å². The summed E-state index contributed by atoms with van der Waals surface area (Å²) in [5.41, 5.74) is 0. The number of hydrogen-bond acceptors (Lipinski definition) is 4. The molecule has 0 amide bonds. The molecule has 1 aliphatic rings. The maximum atomic E-state index is 5.29. The summed E-state index contributed by atoms with van der Waals surface area (Å²) in [6, 6.07) is 0. The first kappa shape index (κ1) is 16.6. The number of aromatic nitrogens is 1. The highest BCUT2D eigenvalue weighted by molar-refractivity contribution is 7.11. The van der Waals surface area contributed by atoms with E-state index in [2.05, 4.69) is 9.88 Å². The van der Waals surface area contributed by atoms with Crippen molar-refractivity contribution in [2.75, 3.05) is 26.3 Å². The summed E-state index contributed by atoms with van der Waals surface area (Å²) in [7, 11) is 0. The Morgan fingerprint density at radius 1 is 1.24 bits per heavy atom. The Labute approximate surface area is 110 Å². The lowest BCUT2D eigenvalue weighted by Crippen LogP contribution is -2.35. The van der Waals surface area contributed by atoms with Gasteiger partial charge in [0.25, 0.3) is 0 Å². The second kappa shape index (κ2) is 10.7. The Bertz CT molecular complexity index is 270. The normalized spacial score (nSPS) is 15.4. The van der Waals surface area contributed by atoms with Crippen molar-refractivity contribution < 1.29 is 4.74 Å². The maximum absolute atomic E-state index is 5.29. The fourth-order valence-corrected chi connectivity index (χ4v) is 2.30. The molecule has 2 rings (SSSR count). The number of hydrogen-bond donors (Lipinski definition) is 0. The smallest absolute Gasteiger partial charge is 0.0897 e. The number of morpholine rings is 1. The molecule has 1 aromatic rings. The third-order valence-electron chi connectivity index (χ3n) is 2.15. The molecule has 17 heavy (non-hydrogen) atoms. The Morgan fingerprint density at radius 2 is 1.82 bits per heavy atom. The lowest BCUT2D eigenvalue weighted by molar-refractivity contribution is 0.0346. The van der Waals surface area contributed by atoms with E-state index in [0.29, 0.717) is 0 Å². The fourth-order valence-electron chi connectivity index (χ4n) is 1.46. The molecule has 0 spiro atoms. The van der Waals surface area contributed by atoms with Crippen LogP contribution in [0.4, 0.5) is 0 Å². The van der Waals surface area contributed by atoms with Crippen LogP contribution in [-0.4, -0.2) is 36.2 Å². The Hall–Kier alpha value is -0.450. The van der Waals surface area contributed by atoms with Crippen LogP contribution in [0.15, 0.2) is 6.20 Å². The molecule has 1 aromatic heterocycles. The monoisotopic (exact) mass is 258 g/mol. The van der Waals surface area contributed by atoms with E-state index in [9.17, 15) is 0 Å². The summed E-state index contributed by atoms with van der Waals surface area (Å²) in [5.74, 6) is 0. The average molecular weight is 258 g/mol. The summed E-state index contributed by atoms with van der Waals surface area (Å²) in [4.78, 5) is 8.02. The number of rotatable bonds is 2. The van der Waals surface area contributed by atoms with E-state index in [-0.39, 0.29) is 0 Å². The Kier molecular flexibility index (Phi) is 10.4. The highest BCUT2D eigenvalue weighted by atomic mass is 32.1. The first-order chi connectivity index (χ1) is 8.34. The zero-order valence-electron chi connectivity index (χ0n) is 11.8. The number of aryl methyl sites for hydroxylation is 1. The second-order valence-electron chi connectivity index (χ2n) is 3.23. The van der Waals surface area contributed by atoms with E-state index in [0.717, 1.165) is 37.9 Å². The van der Waals surface area contributed by atoms with Gasteiger partial charge >= 0.3 is 0 Å². The molecule has 2 heterocycles. The second-order valence-corrected chi connectivity index (χ2v) is 4.55. The molecule has 0 unspecified atom stereocenters. The topological polar surface area (TPSA) is 25.4 Å². The van der Waals surface area contributed by atoms with Crippen molar-refractivity contribution in [2.24, 2.45) is 0 Å². The highest BCUT2D eigenvalue weighted by Crippen LogP contribution is 2.14. The van der Waals surface area contributed by atoms with Gasteiger partial charge < -0.3 is 4.74 Å². The molecule has 1 aliphatic heterocycles. The van der Waals surface area contributed by atoms with Crippen LogP contribution in [0.3, 0.4) is 0 Å². The quantitative estimate of drug-likeness (QED) is 0.813. The van der Waals surface area contributed by atoms with Gasteiger partial charge in [-0.25, -0.2) is 4.98 Å². The summed E-state index contributed by atoms with van der Waals surface area (Å²) < 4.78 is 5.29. The van der Waals surface area contributed by atoms with Crippen LogP contribution in [0, 0.1) is 6.92 Å². The molecule has 0 radical (unpaired) electrons. The van der Waals surface area contributed by atoms with Crippen molar-refractivity contribution in [3.63, 3.8) is 0 Å². The van der Waals surface area contributed by atoms with Crippen LogP contribution in [0.5, 0.6) is 0 Å². The molecule has 100 valence electrons. The van der Waals surface area contributed by atoms with Crippen LogP contribution in [0.2, 0.25) is 0 Å². The van der Waals surface area contributed by atoms with E-state index in [1.165, 1.54) is 4.88 Å². The molecule has 0 atom stereocenters. The highest BCUT2D eigenvalue weighted by Gasteiger charge is 2.11. The van der Waals surface area contributed by atoms with Gasteiger partial charge in [-0.05, 0) is 6.92 Å². The van der Waals surface area contributed by atoms with Crippen LogP contribution >= 0.6 is 11.3 Å². The molecular weight excluding hydrogens is 232 g/mol. The molecule has 0 bridgehead atoms. The van der Waals surface area contributed by atoms with Gasteiger partial charge in [0.15, 0.2) is 0 Å². The molecule has 1 saturated heterocycles. The minimum atomic E-state index is 0.873. The van der Waals surface area contributed by atoms with E-state index >= 15 is 0 Å². The SMILES string of the molecule is CC.CC.Cc1ncc(CN2CCOCC2)s1. The van der Waals surface area contributed by atoms with Crippen LogP contribution in [0.25, 0.3) is 0 Å². The molecule has 0 N–H and O–H groups in total. The Morgan fingerprint density at radius 3 is 2.29 bits per heavy atom. The van der Waals surface area contributed by atoms with Crippen molar-refractivity contribution in [3.05, 3.63) is 16.1 Å². The van der Waals surface area contributed by atoms with Gasteiger partial charge in [0.2, 0.25) is 0 Å². The number of nitrogens with zero attached hydrogens (tertiary/aromatic N) is 2. The van der Waals surface area contributed by atoms with Crippen molar-refractivity contribution in [2.45, 2.75) is 41.2 Å². The molecule has 4 heteroatoms. The lowest BCUT2D eigenvalue weighted by atomic mass is 10.4. The summed E-state index contributed by atoms with van der Waals surface area (Å²) >= 11 is 1.79. The van der Waals surface area contributed by atoms with Gasteiger partial charge in [-0.15, -0.1) is 11.3 Å². The third kappa shape index (κ3) is 6.76. The first-order valence-electron chi connectivity index (χ1n) is 6.56. The van der Waals surface area contributed by atoms with Gasteiger partial charge in [0.05, 0.1) is 18.2 Å². The van der Waals surface area contributed by atoms with Crippen molar-refractivity contribution in [1.29, 1.82) is 0 Å². The Balaban J connectivity index is 0.000000581. The number of thiazole rings is 1. The van der Waals surface area contributed by atoms with E-state index in [4.69, 9.17) is 4.74 Å². The van der Waals surface area contributed by atoms with Crippen molar-refractivity contribution in [3.8, 4) is 0 Å². The minimum Gasteiger partial charge on any atom is -0.379 e. The van der Waals surface area contributed by atoms with Crippen LogP contribution < -0.4 is 0 Å². The van der Waals surface area contributed by atoms with Gasteiger partial charge in [0, 0.05) is 30.7 Å². The predicted octanol–water partition coefficient (Wildman–Crippen LogP) is 3.34. The largest absolute Gasteiger partial charge is 0.379 e. The van der Waals surface area contributed by atoms with Gasteiger partial charge in [-0.1, -0.05) is 27.7 Å². The fraction of sp³-hybridized carbons (Fsp3) is 0.769. The molecule has 0 saturated carbocycles. The van der Waals surface area contributed by atoms with Crippen molar-refractivity contribution >= 4 is 11.3 Å². The average Bonchev–Trinajstić information content (AvgIpc) is 2.81. The lowest BCUT2D eigenvalue weighted by Gasteiger charge is -2.25. The molecule has 0 aromatic carbocycles.